The van der Waals surface area contributed by atoms with Gasteiger partial charge < -0.3 is 4.90 Å². The average Bonchev–Trinajstić information content (AvgIpc) is 2.59. The van der Waals surface area contributed by atoms with E-state index in [0.29, 0.717) is 11.4 Å². The van der Waals surface area contributed by atoms with Crippen molar-refractivity contribution in [3.05, 3.63) is 64.6 Å². The van der Waals surface area contributed by atoms with E-state index in [9.17, 15) is 4.79 Å². The van der Waals surface area contributed by atoms with Gasteiger partial charge in [0.1, 0.15) is 5.02 Å². The van der Waals surface area contributed by atoms with Crippen LogP contribution < -0.4 is 10.5 Å². The highest BCUT2D eigenvalue weighted by molar-refractivity contribution is 6.33. The molecule has 1 saturated heterocycles. The summed E-state index contributed by atoms with van der Waals surface area (Å²) in [6, 6.07) is 9.29. The van der Waals surface area contributed by atoms with Crippen LogP contribution >= 0.6 is 11.6 Å². The third-order valence-corrected chi connectivity index (χ3v) is 4.36. The third kappa shape index (κ3) is 3.30. The number of anilines is 1. The van der Waals surface area contributed by atoms with Gasteiger partial charge in [-0.2, -0.15) is 9.78 Å². The number of para-hydroxylation sites is 1. The first-order valence-corrected chi connectivity index (χ1v) is 8.00. The van der Waals surface area contributed by atoms with E-state index >= 15 is 0 Å². The molecule has 1 aromatic carbocycles. The van der Waals surface area contributed by atoms with Crippen LogP contribution in [0.4, 0.5) is 5.69 Å². The number of benzene rings is 1. The molecule has 0 N–H and O–H groups in total. The molecule has 0 amide bonds. The molecule has 2 heterocycles. The van der Waals surface area contributed by atoms with Gasteiger partial charge >= 0.3 is 0 Å². The Balaban J connectivity index is 1.84. The van der Waals surface area contributed by atoms with E-state index in [-0.39, 0.29) is 10.6 Å². The minimum atomic E-state index is -0.288. The summed E-state index contributed by atoms with van der Waals surface area (Å²) in [7, 11) is 0. The summed E-state index contributed by atoms with van der Waals surface area (Å²) in [6.45, 7) is 8.14. The zero-order valence-electron chi connectivity index (χ0n) is 12.9. The number of nitrogens with zero attached hydrogens (tertiary/aromatic N) is 4. The Kier molecular flexibility index (Phi) is 4.79. The molecule has 0 spiro atoms. The highest BCUT2D eigenvalue weighted by atomic mass is 35.5. The van der Waals surface area contributed by atoms with Crippen molar-refractivity contribution in [3.8, 4) is 5.69 Å². The maximum absolute atomic E-state index is 12.5. The van der Waals surface area contributed by atoms with Crippen LogP contribution in [0.25, 0.3) is 5.69 Å². The van der Waals surface area contributed by atoms with Gasteiger partial charge in [-0.15, -0.1) is 6.58 Å². The topological polar surface area (TPSA) is 41.4 Å². The summed E-state index contributed by atoms with van der Waals surface area (Å²) in [5.41, 5.74) is 1.13. The summed E-state index contributed by atoms with van der Waals surface area (Å²) in [5.74, 6) is 0. The van der Waals surface area contributed by atoms with Crippen molar-refractivity contribution in [2.75, 3.05) is 37.6 Å². The Hall–Kier alpha value is -2.11. The quantitative estimate of drug-likeness (QED) is 0.806. The van der Waals surface area contributed by atoms with E-state index < -0.39 is 0 Å². The molecule has 3 rings (SSSR count). The first kappa shape index (κ1) is 15.8. The summed E-state index contributed by atoms with van der Waals surface area (Å²) >= 11 is 6.33. The van der Waals surface area contributed by atoms with Crippen LogP contribution in [-0.4, -0.2) is 47.4 Å². The van der Waals surface area contributed by atoms with E-state index in [1.807, 2.05) is 36.4 Å². The number of piperazine rings is 1. The second-order valence-electron chi connectivity index (χ2n) is 5.47. The van der Waals surface area contributed by atoms with Gasteiger partial charge in [-0.05, 0) is 12.1 Å². The van der Waals surface area contributed by atoms with Crippen molar-refractivity contribution < 1.29 is 0 Å². The largest absolute Gasteiger partial charge is 0.366 e. The number of halogens is 1. The molecular weight excluding hydrogens is 312 g/mol. The Labute approximate surface area is 140 Å². The number of hydrogen-bond acceptors (Lipinski definition) is 4. The molecule has 0 bridgehead atoms. The van der Waals surface area contributed by atoms with Crippen molar-refractivity contribution in [2.45, 2.75) is 0 Å². The molecule has 1 aliphatic heterocycles. The Morgan fingerprint density at radius 1 is 1.17 bits per heavy atom. The molecule has 0 aliphatic carbocycles. The molecule has 0 atom stereocenters. The normalized spacial score (nSPS) is 15.6. The van der Waals surface area contributed by atoms with Gasteiger partial charge in [0.25, 0.3) is 5.56 Å². The molecular formula is C17H19ClN4O. The molecule has 1 aromatic heterocycles. The number of hydrogen-bond donors (Lipinski definition) is 0. The van der Waals surface area contributed by atoms with Crippen molar-refractivity contribution in [1.82, 2.24) is 14.7 Å². The molecule has 1 fully saturated rings. The Bertz CT molecular complexity index is 736. The van der Waals surface area contributed by atoms with Crippen molar-refractivity contribution >= 4 is 17.3 Å². The lowest BCUT2D eigenvalue weighted by Crippen LogP contribution is -2.47. The maximum Gasteiger partial charge on any atom is 0.292 e. The summed E-state index contributed by atoms with van der Waals surface area (Å²) in [5, 5.41) is 4.51. The SMILES string of the molecule is C=CCN1CCN(c2cnn(-c3ccccc3)c(=O)c2Cl)CC1. The van der Waals surface area contributed by atoms with Crippen LogP contribution in [0.3, 0.4) is 0 Å². The van der Waals surface area contributed by atoms with Crippen LogP contribution in [0.2, 0.25) is 5.02 Å². The van der Waals surface area contributed by atoms with Crippen LogP contribution in [0.1, 0.15) is 0 Å². The standard InChI is InChI=1S/C17H19ClN4O/c1-2-8-20-9-11-21(12-10-20)15-13-19-22(17(23)16(15)18)14-6-4-3-5-7-14/h2-7,13H,1,8-12H2. The second-order valence-corrected chi connectivity index (χ2v) is 5.85. The second kappa shape index (κ2) is 6.98. The van der Waals surface area contributed by atoms with Gasteiger partial charge in [-0.25, -0.2) is 0 Å². The molecule has 1 aliphatic rings. The molecule has 6 heteroatoms. The first-order valence-electron chi connectivity index (χ1n) is 7.62. The van der Waals surface area contributed by atoms with Crippen molar-refractivity contribution in [1.29, 1.82) is 0 Å². The van der Waals surface area contributed by atoms with Gasteiger partial charge in [0.2, 0.25) is 0 Å². The predicted octanol–water partition coefficient (Wildman–Crippen LogP) is 2.19. The molecule has 5 nitrogen and oxygen atoms in total. The minimum Gasteiger partial charge on any atom is -0.366 e. The average molecular weight is 331 g/mol. The van der Waals surface area contributed by atoms with E-state index in [4.69, 9.17) is 11.6 Å². The fourth-order valence-electron chi connectivity index (χ4n) is 2.75. The van der Waals surface area contributed by atoms with E-state index in [1.165, 1.54) is 4.68 Å². The van der Waals surface area contributed by atoms with Gasteiger partial charge in [-0.3, -0.25) is 9.69 Å². The summed E-state index contributed by atoms with van der Waals surface area (Å²) in [6.07, 6.45) is 3.59. The Morgan fingerprint density at radius 2 is 1.87 bits per heavy atom. The lowest BCUT2D eigenvalue weighted by Gasteiger charge is -2.35. The first-order chi connectivity index (χ1) is 11.2. The fraction of sp³-hybridized carbons (Fsp3) is 0.294. The van der Waals surface area contributed by atoms with E-state index in [2.05, 4.69) is 21.5 Å². The zero-order chi connectivity index (χ0) is 16.2. The smallest absolute Gasteiger partial charge is 0.292 e. The monoisotopic (exact) mass is 330 g/mol. The van der Waals surface area contributed by atoms with Gasteiger partial charge in [0, 0.05) is 32.7 Å². The molecule has 0 radical (unpaired) electrons. The van der Waals surface area contributed by atoms with Crippen LogP contribution in [-0.2, 0) is 0 Å². The minimum absolute atomic E-state index is 0.223. The van der Waals surface area contributed by atoms with Crippen LogP contribution in [0, 0.1) is 0 Å². The van der Waals surface area contributed by atoms with Crippen molar-refractivity contribution in [3.63, 3.8) is 0 Å². The highest BCUT2D eigenvalue weighted by Gasteiger charge is 2.20. The highest BCUT2D eigenvalue weighted by Crippen LogP contribution is 2.22. The lowest BCUT2D eigenvalue weighted by atomic mass is 10.2. The summed E-state index contributed by atoms with van der Waals surface area (Å²) in [4.78, 5) is 16.9. The molecule has 120 valence electrons. The molecule has 0 saturated carbocycles. The predicted molar refractivity (Wildman–Crippen MR) is 93.7 cm³/mol. The lowest BCUT2D eigenvalue weighted by molar-refractivity contribution is 0.284. The fourth-order valence-corrected chi connectivity index (χ4v) is 3.00. The third-order valence-electron chi connectivity index (χ3n) is 4.00. The molecule has 2 aromatic rings. The van der Waals surface area contributed by atoms with Gasteiger partial charge in [-0.1, -0.05) is 35.9 Å². The van der Waals surface area contributed by atoms with Gasteiger partial charge in [0.05, 0.1) is 17.6 Å². The van der Waals surface area contributed by atoms with E-state index in [0.717, 1.165) is 32.7 Å². The molecule has 0 unspecified atom stereocenters. The van der Waals surface area contributed by atoms with Crippen LogP contribution in [0.15, 0.2) is 54.0 Å². The Morgan fingerprint density at radius 3 is 2.52 bits per heavy atom. The number of aromatic nitrogens is 2. The summed E-state index contributed by atoms with van der Waals surface area (Å²) < 4.78 is 1.33. The van der Waals surface area contributed by atoms with Gasteiger partial charge in [0.15, 0.2) is 0 Å². The van der Waals surface area contributed by atoms with E-state index in [1.54, 1.807) is 6.20 Å². The number of rotatable bonds is 4. The van der Waals surface area contributed by atoms with Crippen molar-refractivity contribution in [2.24, 2.45) is 0 Å². The maximum atomic E-state index is 12.5. The zero-order valence-corrected chi connectivity index (χ0v) is 13.6. The molecule has 23 heavy (non-hydrogen) atoms. The van der Waals surface area contributed by atoms with Crippen LogP contribution in [0.5, 0.6) is 0 Å².